The number of rotatable bonds is 5. The normalized spacial score (nSPS) is 11.1. The Morgan fingerprint density at radius 2 is 1.81 bits per heavy atom. The Labute approximate surface area is 155 Å². The van der Waals surface area contributed by atoms with Crippen molar-refractivity contribution in [2.24, 2.45) is 0 Å². The molecule has 136 valence electrons. The van der Waals surface area contributed by atoms with E-state index in [0.717, 1.165) is 11.9 Å². The van der Waals surface area contributed by atoms with Crippen LogP contribution in [0.4, 0.5) is 14.5 Å². The standard InChI is InChI=1S/C21H18F2N4/c1-26(19-7-8-25-21-17(19)11-16(22)12-18(21)23)14-20-24-9-10-27(20)13-15-5-3-2-4-6-15/h2-12H,13-14H2,1H3. The van der Waals surface area contributed by atoms with Gasteiger partial charge in [-0.05, 0) is 17.7 Å². The number of halogens is 2. The molecule has 0 aliphatic rings. The summed E-state index contributed by atoms with van der Waals surface area (Å²) in [5, 5.41) is 0.443. The van der Waals surface area contributed by atoms with Crippen molar-refractivity contribution in [3.8, 4) is 0 Å². The van der Waals surface area contributed by atoms with Gasteiger partial charge in [-0.3, -0.25) is 4.98 Å². The van der Waals surface area contributed by atoms with Crippen molar-refractivity contribution in [1.29, 1.82) is 0 Å². The Hall–Kier alpha value is -3.28. The smallest absolute Gasteiger partial charge is 0.152 e. The maximum absolute atomic E-state index is 14.0. The van der Waals surface area contributed by atoms with Crippen molar-refractivity contribution < 1.29 is 8.78 Å². The minimum absolute atomic E-state index is 0.161. The summed E-state index contributed by atoms with van der Waals surface area (Å²) in [6.45, 7) is 1.21. The lowest BCUT2D eigenvalue weighted by Crippen LogP contribution is -2.20. The molecule has 0 atom stereocenters. The fourth-order valence-electron chi connectivity index (χ4n) is 3.21. The summed E-state index contributed by atoms with van der Waals surface area (Å²) in [6.07, 6.45) is 5.22. The molecule has 0 unspecified atom stereocenters. The van der Waals surface area contributed by atoms with E-state index in [1.807, 2.05) is 36.3 Å². The fourth-order valence-corrected chi connectivity index (χ4v) is 3.21. The van der Waals surface area contributed by atoms with Gasteiger partial charge in [0.2, 0.25) is 0 Å². The summed E-state index contributed by atoms with van der Waals surface area (Å²) >= 11 is 0. The molecule has 0 spiro atoms. The molecule has 0 fully saturated rings. The first-order valence-corrected chi connectivity index (χ1v) is 8.60. The lowest BCUT2D eigenvalue weighted by atomic mass is 10.1. The van der Waals surface area contributed by atoms with Crippen molar-refractivity contribution in [1.82, 2.24) is 14.5 Å². The van der Waals surface area contributed by atoms with E-state index >= 15 is 0 Å². The highest BCUT2D eigenvalue weighted by Crippen LogP contribution is 2.28. The van der Waals surface area contributed by atoms with Gasteiger partial charge in [-0.25, -0.2) is 13.8 Å². The second-order valence-electron chi connectivity index (χ2n) is 6.43. The molecule has 2 aromatic carbocycles. The van der Waals surface area contributed by atoms with Crippen molar-refractivity contribution in [3.63, 3.8) is 0 Å². The molecular weight excluding hydrogens is 346 g/mol. The first-order chi connectivity index (χ1) is 13.1. The van der Waals surface area contributed by atoms with E-state index in [-0.39, 0.29) is 5.52 Å². The molecular formula is C21H18F2N4. The predicted octanol–water partition coefficient (Wildman–Crippen LogP) is 4.39. The molecule has 0 radical (unpaired) electrons. The van der Waals surface area contributed by atoms with Crippen molar-refractivity contribution in [3.05, 3.63) is 90.1 Å². The van der Waals surface area contributed by atoms with Crippen LogP contribution in [0, 0.1) is 11.6 Å². The number of imidazole rings is 1. The van der Waals surface area contributed by atoms with E-state index in [0.29, 0.717) is 24.2 Å². The first-order valence-electron chi connectivity index (χ1n) is 8.60. The van der Waals surface area contributed by atoms with E-state index in [4.69, 9.17) is 0 Å². The van der Waals surface area contributed by atoms with Crippen LogP contribution in [-0.2, 0) is 13.1 Å². The Morgan fingerprint density at radius 1 is 1.00 bits per heavy atom. The number of nitrogens with zero attached hydrogens (tertiary/aromatic N) is 4. The van der Waals surface area contributed by atoms with Crippen LogP contribution in [0.2, 0.25) is 0 Å². The van der Waals surface area contributed by atoms with Crippen LogP contribution in [0.1, 0.15) is 11.4 Å². The van der Waals surface area contributed by atoms with Gasteiger partial charge in [0.15, 0.2) is 5.82 Å². The highest BCUT2D eigenvalue weighted by atomic mass is 19.1. The van der Waals surface area contributed by atoms with Gasteiger partial charge < -0.3 is 9.47 Å². The third-order valence-corrected chi connectivity index (χ3v) is 4.53. The van der Waals surface area contributed by atoms with E-state index in [1.54, 1.807) is 12.3 Å². The SMILES string of the molecule is CN(Cc1nccn1Cc1ccccc1)c1ccnc2c(F)cc(F)cc12. The Morgan fingerprint density at radius 3 is 2.63 bits per heavy atom. The molecule has 0 aliphatic carbocycles. The van der Waals surface area contributed by atoms with Gasteiger partial charge in [-0.1, -0.05) is 30.3 Å². The van der Waals surface area contributed by atoms with Crippen LogP contribution in [0.3, 0.4) is 0 Å². The molecule has 4 aromatic rings. The van der Waals surface area contributed by atoms with Gasteiger partial charge in [-0.2, -0.15) is 0 Å². The maximum Gasteiger partial charge on any atom is 0.152 e. The predicted molar refractivity (Wildman–Crippen MR) is 102 cm³/mol. The van der Waals surface area contributed by atoms with Crippen LogP contribution >= 0.6 is 0 Å². The number of hydrogen-bond acceptors (Lipinski definition) is 3. The summed E-state index contributed by atoms with van der Waals surface area (Å²) in [7, 11) is 1.87. The lowest BCUT2D eigenvalue weighted by Gasteiger charge is -2.21. The zero-order valence-electron chi connectivity index (χ0n) is 14.8. The van der Waals surface area contributed by atoms with Gasteiger partial charge in [0.1, 0.15) is 17.2 Å². The molecule has 0 saturated carbocycles. The quantitative estimate of drug-likeness (QED) is 0.527. The maximum atomic E-state index is 14.0. The van der Waals surface area contributed by atoms with Crippen LogP contribution in [0.25, 0.3) is 10.9 Å². The van der Waals surface area contributed by atoms with Gasteiger partial charge in [0.05, 0.1) is 6.54 Å². The average molecular weight is 364 g/mol. The molecule has 4 nitrogen and oxygen atoms in total. The molecule has 0 saturated heterocycles. The van der Waals surface area contributed by atoms with Gasteiger partial charge in [0, 0.05) is 49.3 Å². The summed E-state index contributed by atoms with van der Waals surface area (Å²) in [6, 6.07) is 14.0. The zero-order chi connectivity index (χ0) is 18.8. The molecule has 4 rings (SSSR count). The molecule has 0 aliphatic heterocycles. The monoisotopic (exact) mass is 364 g/mol. The van der Waals surface area contributed by atoms with Crippen molar-refractivity contribution in [2.45, 2.75) is 13.1 Å². The van der Waals surface area contributed by atoms with E-state index in [9.17, 15) is 8.78 Å². The van der Waals surface area contributed by atoms with Gasteiger partial charge >= 0.3 is 0 Å². The number of anilines is 1. The van der Waals surface area contributed by atoms with E-state index < -0.39 is 11.6 Å². The zero-order valence-corrected chi connectivity index (χ0v) is 14.8. The molecule has 0 N–H and O–H groups in total. The molecule has 0 amide bonds. The lowest BCUT2D eigenvalue weighted by molar-refractivity contribution is 0.590. The Bertz CT molecular complexity index is 1080. The highest BCUT2D eigenvalue weighted by molar-refractivity contribution is 5.91. The molecule has 2 aromatic heterocycles. The third kappa shape index (κ3) is 3.51. The molecule has 6 heteroatoms. The van der Waals surface area contributed by atoms with Gasteiger partial charge in [-0.15, -0.1) is 0 Å². The van der Waals surface area contributed by atoms with Crippen molar-refractivity contribution in [2.75, 3.05) is 11.9 Å². The fraction of sp³-hybridized carbons (Fsp3) is 0.143. The Balaban J connectivity index is 1.63. The second-order valence-corrected chi connectivity index (χ2v) is 6.43. The van der Waals surface area contributed by atoms with Gasteiger partial charge in [0.25, 0.3) is 0 Å². The van der Waals surface area contributed by atoms with Crippen LogP contribution in [-0.4, -0.2) is 21.6 Å². The Kier molecular flexibility index (Phi) is 4.54. The van der Waals surface area contributed by atoms with E-state index in [1.165, 1.54) is 17.8 Å². The van der Waals surface area contributed by atoms with E-state index in [2.05, 4.69) is 26.7 Å². The third-order valence-electron chi connectivity index (χ3n) is 4.53. The number of fused-ring (bicyclic) bond motifs is 1. The first kappa shape index (κ1) is 17.1. The minimum atomic E-state index is -0.661. The number of hydrogen-bond donors (Lipinski definition) is 0. The highest BCUT2D eigenvalue weighted by Gasteiger charge is 2.14. The summed E-state index contributed by atoms with van der Waals surface area (Å²) in [5.41, 5.74) is 2.04. The molecule has 27 heavy (non-hydrogen) atoms. The number of pyridine rings is 1. The summed E-state index contributed by atoms with van der Waals surface area (Å²) in [5.74, 6) is -0.415. The number of aromatic nitrogens is 3. The largest absolute Gasteiger partial charge is 0.367 e. The van der Waals surface area contributed by atoms with Crippen LogP contribution in [0.5, 0.6) is 0 Å². The van der Waals surface area contributed by atoms with Crippen molar-refractivity contribution >= 4 is 16.6 Å². The topological polar surface area (TPSA) is 34.0 Å². The summed E-state index contributed by atoms with van der Waals surface area (Å²) < 4.78 is 29.8. The molecule has 2 heterocycles. The number of benzene rings is 2. The van der Waals surface area contributed by atoms with Crippen LogP contribution < -0.4 is 4.90 Å². The second kappa shape index (κ2) is 7.15. The average Bonchev–Trinajstić information content (AvgIpc) is 3.08. The molecule has 0 bridgehead atoms. The van der Waals surface area contributed by atoms with Crippen LogP contribution in [0.15, 0.2) is 67.1 Å². The minimum Gasteiger partial charge on any atom is -0.367 e. The summed E-state index contributed by atoms with van der Waals surface area (Å²) in [4.78, 5) is 10.4.